The Morgan fingerprint density at radius 2 is 2.05 bits per heavy atom. The Labute approximate surface area is 133 Å². The van der Waals surface area contributed by atoms with Crippen molar-refractivity contribution in [1.29, 1.82) is 0 Å². The smallest absolute Gasteiger partial charge is 0.0564 e. The third-order valence-electron chi connectivity index (χ3n) is 3.53. The number of nitrogens with one attached hydrogen (secondary N) is 1. The second-order valence-corrected chi connectivity index (χ2v) is 5.33. The molecule has 2 aromatic rings. The Bertz CT molecular complexity index is 566. The van der Waals surface area contributed by atoms with Gasteiger partial charge in [0.1, 0.15) is 0 Å². The zero-order valence-corrected chi connectivity index (χ0v) is 13.3. The molecule has 1 heterocycles. The van der Waals surface area contributed by atoms with Crippen LogP contribution in [0.25, 0.3) is 0 Å². The normalized spacial score (nSPS) is 10.6. The molecule has 0 bridgehead atoms. The van der Waals surface area contributed by atoms with Crippen molar-refractivity contribution in [2.24, 2.45) is 0 Å². The van der Waals surface area contributed by atoms with Crippen LogP contribution in [0.2, 0.25) is 0 Å². The highest BCUT2D eigenvalue weighted by atomic mass is 15.1. The first kappa shape index (κ1) is 16.2. The van der Waals surface area contributed by atoms with Gasteiger partial charge >= 0.3 is 0 Å². The van der Waals surface area contributed by atoms with Gasteiger partial charge in [0, 0.05) is 38.1 Å². The summed E-state index contributed by atoms with van der Waals surface area (Å²) in [6, 6.07) is 14.7. The Kier molecular flexibility index (Phi) is 6.65. The molecule has 0 aliphatic carbocycles. The number of hydrogen-bond donors (Lipinski definition) is 1. The molecule has 1 N–H and O–H groups in total. The first-order valence-electron chi connectivity index (χ1n) is 7.87. The highest BCUT2D eigenvalue weighted by Crippen LogP contribution is 2.11. The predicted molar refractivity (Wildman–Crippen MR) is 94.0 cm³/mol. The number of benzene rings is 1. The minimum Gasteiger partial charge on any atom is -0.385 e. The second-order valence-electron chi connectivity index (χ2n) is 5.33. The maximum atomic E-state index is 4.48. The van der Waals surface area contributed by atoms with Gasteiger partial charge in [0.25, 0.3) is 0 Å². The molecule has 0 saturated heterocycles. The lowest BCUT2D eigenvalue weighted by Crippen LogP contribution is -2.26. The molecule has 3 heteroatoms. The van der Waals surface area contributed by atoms with E-state index in [1.54, 1.807) is 0 Å². The van der Waals surface area contributed by atoms with Gasteiger partial charge < -0.3 is 5.32 Å². The molecule has 0 aliphatic heterocycles. The van der Waals surface area contributed by atoms with E-state index in [0.717, 1.165) is 44.0 Å². The fraction of sp³-hybridized carbons (Fsp3) is 0.316. The van der Waals surface area contributed by atoms with E-state index in [1.165, 1.54) is 5.56 Å². The van der Waals surface area contributed by atoms with Gasteiger partial charge in [0.2, 0.25) is 0 Å². The maximum Gasteiger partial charge on any atom is 0.0564 e. The summed E-state index contributed by atoms with van der Waals surface area (Å²) in [6.45, 7) is 9.62. The minimum absolute atomic E-state index is 0.845. The van der Waals surface area contributed by atoms with Crippen LogP contribution in [0.3, 0.4) is 0 Å². The Morgan fingerprint density at radius 3 is 2.77 bits per heavy atom. The van der Waals surface area contributed by atoms with E-state index in [4.69, 9.17) is 0 Å². The standard InChI is InChI=1S/C19H25N3/c1-3-13-22(14-11-17-8-6-5-7-9-17)16-19-15-18(20-4-2)10-12-21-19/h3,5-10,12,15H,1,4,11,13-14,16H2,2H3,(H,20,21). The molecule has 1 aromatic carbocycles. The lowest BCUT2D eigenvalue weighted by molar-refractivity contribution is 0.295. The summed E-state index contributed by atoms with van der Waals surface area (Å²) < 4.78 is 0. The van der Waals surface area contributed by atoms with Gasteiger partial charge in [0.05, 0.1) is 5.69 Å². The van der Waals surface area contributed by atoms with Crippen LogP contribution in [0.4, 0.5) is 5.69 Å². The molecule has 0 amide bonds. The van der Waals surface area contributed by atoms with Crippen LogP contribution in [0.5, 0.6) is 0 Å². The van der Waals surface area contributed by atoms with Crippen LogP contribution in [0, 0.1) is 0 Å². The van der Waals surface area contributed by atoms with E-state index in [1.807, 2.05) is 18.3 Å². The number of nitrogens with zero attached hydrogens (tertiary/aromatic N) is 2. The summed E-state index contributed by atoms with van der Waals surface area (Å²) in [5.74, 6) is 0. The molecule has 22 heavy (non-hydrogen) atoms. The summed E-state index contributed by atoms with van der Waals surface area (Å²) in [4.78, 5) is 6.86. The number of rotatable bonds is 9. The molecule has 0 atom stereocenters. The Morgan fingerprint density at radius 1 is 1.23 bits per heavy atom. The topological polar surface area (TPSA) is 28.2 Å². The van der Waals surface area contributed by atoms with Crippen LogP contribution in [-0.2, 0) is 13.0 Å². The average molecular weight is 295 g/mol. The number of anilines is 1. The van der Waals surface area contributed by atoms with Crippen LogP contribution in [0.15, 0.2) is 61.3 Å². The molecule has 2 rings (SSSR count). The van der Waals surface area contributed by atoms with Gasteiger partial charge in [-0.2, -0.15) is 0 Å². The van der Waals surface area contributed by atoms with E-state index in [0.29, 0.717) is 0 Å². The fourth-order valence-electron chi connectivity index (χ4n) is 2.46. The number of hydrogen-bond acceptors (Lipinski definition) is 3. The third-order valence-corrected chi connectivity index (χ3v) is 3.53. The highest BCUT2D eigenvalue weighted by Gasteiger charge is 2.06. The monoisotopic (exact) mass is 295 g/mol. The highest BCUT2D eigenvalue weighted by molar-refractivity contribution is 5.42. The van der Waals surface area contributed by atoms with Gasteiger partial charge in [-0.1, -0.05) is 36.4 Å². The van der Waals surface area contributed by atoms with Crippen molar-refractivity contribution in [2.45, 2.75) is 19.9 Å². The van der Waals surface area contributed by atoms with E-state index in [-0.39, 0.29) is 0 Å². The molecule has 0 unspecified atom stereocenters. The van der Waals surface area contributed by atoms with Gasteiger partial charge in [-0.25, -0.2) is 0 Å². The first-order chi connectivity index (χ1) is 10.8. The van der Waals surface area contributed by atoms with E-state index < -0.39 is 0 Å². The molecule has 0 fully saturated rings. The van der Waals surface area contributed by atoms with Crippen LogP contribution in [0.1, 0.15) is 18.2 Å². The van der Waals surface area contributed by atoms with Gasteiger partial charge in [-0.3, -0.25) is 9.88 Å². The zero-order valence-electron chi connectivity index (χ0n) is 13.3. The van der Waals surface area contributed by atoms with Crippen molar-refractivity contribution >= 4 is 5.69 Å². The second kappa shape index (κ2) is 9.00. The molecule has 3 nitrogen and oxygen atoms in total. The summed E-state index contributed by atoms with van der Waals surface area (Å²) in [5.41, 5.74) is 3.59. The van der Waals surface area contributed by atoms with Crippen molar-refractivity contribution in [3.8, 4) is 0 Å². The average Bonchev–Trinajstić information content (AvgIpc) is 2.54. The molecule has 1 aromatic heterocycles. The van der Waals surface area contributed by atoms with E-state index in [2.05, 4.69) is 65.1 Å². The van der Waals surface area contributed by atoms with Crippen molar-refractivity contribution in [2.75, 3.05) is 25.0 Å². The van der Waals surface area contributed by atoms with Crippen molar-refractivity contribution < 1.29 is 0 Å². The van der Waals surface area contributed by atoms with Crippen molar-refractivity contribution in [3.05, 3.63) is 72.6 Å². The summed E-state index contributed by atoms with van der Waals surface area (Å²) >= 11 is 0. The molecule has 0 radical (unpaired) electrons. The summed E-state index contributed by atoms with van der Waals surface area (Å²) in [7, 11) is 0. The molecule has 0 spiro atoms. The molecule has 0 saturated carbocycles. The van der Waals surface area contributed by atoms with Crippen molar-refractivity contribution in [3.63, 3.8) is 0 Å². The van der Waals surface area contributed by atoms with E-state index in [9.17, 15) is 0 Å². The van der Waals surface area contributed by atoms with Gasteiger partial charge in [0.15, 0.2) is 0 Å². The Hall–Kier alpha value is -2.13. The quantitative estimate of drug-likeness (QED) is 0.714. The van der Waals surface area contributed by atoms with Crippen LogP contribution in [-0.4, -0.2) is 29.5 Å². The Balaban J connectivity index is 1.96. The molecule has 0 aliphatic rings. The lowest BCUT2D eigenvalue weighted by atomic mass is 10.1. The minimum atomic E-state index is 0.845. The van der Waals surface area contributed by atoms with E-state index >= 15 is 0 Å². The zero-order chi connectivity index (χ0) is 15.6. The lowest BCUT2D eigenvalue weighted by Gasteiger charge is -2.20. The maximum absolute atomic E-state index is 4.48. The van der Waals surface area contributed by atoms with Crippen LogP contribution < -0.4 is 5.32 Å². The first-order valence-corrected chi connectivity index (χ1v) is 7.87. The number of aromatic nitrogens is 1. The number of pyridine rings is 1. The predicted octanol–water partition coefficient (Wildman–Crippen LogP) is 3.74. The van der Waals surface area contributed by atoms with Crippen molar-refractivity contribution in [1.82, 2.24) is 9.88 Å². The molecule has 116 valence electrons. The van der Waals surface area contributed by atoms with Gasteiger partial charge in [-0.05, 0) is 31.0 Å². The molecular formula is C19H25N3. The van der Waals surface area contributed by atoms with Gasteiger partial charge in [-0.15, -0.1) is 6.58 Å². The SMILES string of the molecule is C=CCN(CCc1ccccc1)Cc1cc(NCC)ccn1. The fourth-order valence-corrected chi connectivity index (χ4v) is 2.46. The largest absolute Gasteiger partial charge is 0.385 e. The summed E-state index contributed by atoms with van der Waals surface area (Å²) in [5, 5.41) is 3.33. The third kappa shape index (κ3) is 5.34. The summed E-state index contributed by atoms with van der Waals surface area (Å²) in [6.07, 6.45) is 4.87. The van der Waals surface area contributed by atoms with Crippen LogP contribution >= 0.6 is 0 Å². The molecular weight excluding hydrogens is 270 g/mol.